The van der Waals surface area contributed by atoms with Crippen molar-refractivity contribution in [3.05, 3.63) is 59.7 Å². The van der Waals surface area contributed by atoms with Gasteiger partial charge in [0.15, 0.2) is 11.6 Å². The molecule has 0 heterocycles. The predicted molar refractivity (Wildman–Crippen MR) is 135 cm³/mol. The molecule has 0 aliphatic heterocycles. The highest BCUT2D eigenvalue weighted by molar-refractivity contribution is 6.01. The molecule has 0 unspecified atom stereocenters. The van der Waals surface area contributed by atoms with Crippen LogP contribution < -0.4 is 10.6 Å². The van der Waals surface area contributed by atoms with E-state index in [2.05, 4.69) is 10.6 Å². The normalized spacial score (nSPS) is 8.20. The van der Waals surface area contributed by atoms with E-state index in [9.17, 15) is 9.59 Å². The average Bonchev–Trinajstić information content (AvgIpc) is 2.86. The summed E-state index contributed by atoms with van der Waals surface area (Å²) >= 11 is 0. The van der Waals surface area contributed by atoms with Gasteiger partial charge in [0.25, 0.3) is 0 Å². The van der Waals surface area contributed by atoms with Gasteiger partial charge in [-0.3, -0.25) is 9.59 Å². The largest absolute Gasteiger partial charge is 0.388 e. The van der Waals surface area contributed by atoms with Crippen LogP contribution in [0.5, 0.6) is 0 Å². The molecule has 0 spiro atoms. The number of para-hydroxylation sites is 2. The number of hydrogen-bond acceptors (Lipinski definition) is 4. The summed E-state index contributed by atoms with van der Waals surface area (Å²) in [6.45, 7) is 15.7. The number of hydrogen-bond donors (Lipinski definition) is 2. The zero-order valence-electron chi connectivity index (χ0n) is 20.8. The van der Waals surface area contributed by atoms with E-state index < -0.39 is 0 Å². The van der Waals surface area contributed by atoms with E-state index in [4.69, 9.17) is 0 Å². The maximum absolute atomic E-state index is 11.4. The van der Waals surface area contributed by atoms with Gasteiger partial charge in [-0.15, -0.1) is 0 Å². The van der Waals surface area contributed by atoms with E-state index in [1.807, 2.05) is 118 Å². The first-order valence-corrected chi connectivity index (χ1v) is 11.2. The molecule has 2 N–H and O–H groups in total. The number of carbonyl (C=O) groups excluding carboxylic acids is 2. The molecule has 0 aliphatic rings. The smallest absolute Gasteiger partial charge is 0.164 e. The van der Waals surface area contributed by atoms with Crippen LogP contribution in [0, 0.1) is 0 Å². The number of anilines is 2. The van der Waals surface area contributed by atoms with Crippen LogP contribution in [-0.2, 0) is 0 Å². The standard InChI is InChI=1S/2C10H13NO.3C2H6/c2*1-3-10(12)8-6-4-5-7-9(8)11-2;3*1-2/h2*4-7,11H,3H2,1-2H3;3*1-2H3. The van der Waals surface area contributed by atoms with Crippen molar-refractivity contribution in [1.82, 2.24) is 0 Å². The van der Waals surface area contributed by atoms with Crippen molar-refractivity contribution < 1.29 is 9.59 Å². The molecule has 0 fully saturated rings. The Morgan fingerprint density at radius 2 is 0.867 bits per heavy atom. The van der Waals surface area contributed by atoms with Gasteiger partial charge in [0.2, 0.25) is 0 Å². The number of Topliss-reactive ketones (excluding diaryl/α,β-unsaturated/α-hetero) is 2. The van der Waals surface area contributed by atoms with Crippen LogP contribution in [0.25, 0.3) is 0 Å². The van der Waals surface area contributed by atoms with Crippen molar-refractivity contribution in [3.63, 3.8) is 0 Å². The second-order valence-electron chi connectivity index (χ2n) is 5.14. The third-order valence-electron chi connectivity index (χ3n) is 3.64. The number of nitrogens with one attached hydrogen (secondary N) is 2. The van der Waals surface area contributed by atoms with Crippen molar-refractivity contribution in [2.45, 2.75) is 68.2 Å². The van der Waals surface area contributed by atoms with Crippen molar-refractivity contribution in [3.8, 4) is 0 Å². The zero-order valence-corrected chi connectivity index (χ0v) is 20.8. The van der Waals surface area contributed by atoms with Gasteiger partial charge in [0, 0.05) is 49.4 Å². The van der Waals surface area contributed by atoms with Crippen molar-refractivity contribution >= 4 is 22.9 Å². The van der Waals surface area contributed by atoms with Crippen molar-refractivity contribution in [2.24, 2.45) is 0 Å². The molecule has 30 heavy (non-hydrogen) atoms. The minimum atomic E-state index is 0.181. The van der Waals surface area contributed by atoms with Crippen LogP contribution in [0.15, 0.2) is 48.5 Å². The molecular weight excluding hydrogens is 372 g/mol. The Hall–Kier alpha value is -2.62. The van der Waals surface area contributed by atoms with E-state index in [0.717, 1.165) is 22.5 Å². The lowest BCUT2D eigenvalue weighted by Crippen LogP contribution is -2.01. The van der Waals surface area contributed by atoms with E-state index >= 15 is 0 Å². The van der Waals surface area contributed by atoms with Gasteiger partial charge in [0.05, 0.1) is 0 Å². The third kappa shape index (κ3) is 12.1. The molecule has 0 amide bonds. The van der Waals surface area contributed by atoms with Gasteiger partial charge in [-0.2, -0.15) is 0 Å². The summed E-state index contributed by atoms with van der Waals surface area (Å²) in [4.78, 5) is 22.7. The topological polar surface area (TPSA) is 58.2 Å². The first-order valence-electron chi connectivity index (χ1n) is 11.2. The summed E-state index contributed by atoms with van der Waals surface area (Å²) in [5, 5.41) is 5.98. The quantitative estimate of drug-likeness (QED) is 0.473. The van der Waals surface area contributed by atoms with Crippen molar-refractivity contribution in [2.75, 3.05) is 24.7 Å². The van der Waals surface area contributed by atoms with Crippen LogP contribution in [-0.4, -0.2) is 25.7 Å². The first-order chi connectivity index (χ1) is 14.6. The van der Waals surface area contributed by atoms with Gasteiger partial charge in [-0.05, 0) is 24.3 Å². The predicted octanol–water partition coefficient (Wildman–Crippen LogP) is 7.72. The number of benzene rings is 2. The van der Waals surface area contributed by atoms with Crippen LogP contribution in [0.2, 0.25) is 0 Å². The highest BCUT2D eigenvalue weighted by Gasteiger charge is 2.07. The van der Waals surface area contributed by atoms with Gasteiger partial charge < -0.3 is 10.6 Å². The second-order valence-corrected chi connectivity index (χ2v) is 5.14. The number of carbonyl (C=O) groups is 2. The molecule has 4 heteroatoms. The third-order valence-corrected chi connectivity index (χ3v) is 3.64. The second kappa shape index (κ2) is 22.7. The van der Waals surface area contributed by atoms with Gasteiger partial charge in [0.1, 0.15) is 0 Å². The Morgan fingerprint density at radius 1 is 0.600 bits per heavy atom. The molecule has 0 atom stereocenters. The van der Waals surface area contributed by atoms with Crippen LogP contribution in [0.1, 0.15) is 88.9 Å². The lowest BCUT2D eigenvalue weighted by molar-refractivity contribution is 0.0981. The maximum atomic E-state index is 11.4. The maximum Gasteiger partial charge on any atom is 0.164 e. The Morgan fingerprint density at radius 3 is 1.10 bits per heavy atom. The Kier molecular flexibility index (Phi) is 24.2. The van der Waals surface area contributed by atoms with E-state index in [1.54, 1.807) is 0 Å². The minimum Gasteiger partial charge on any atom is -0.388 e. The molecular formula is C26H44N2O2. The molecule has 0 bridgehead atoms. The highest BCUT2D eigenvalue weighted by Crippen LogP contribution is 2.16. The van der Waals surface area contributed by atoms with Crippen LogP contribution in [0.4, 0.5) is 11.4 Å². The summed E-state index contributed by atoms with van der Waals surface area (Å²) in [5.74, 6) is 0.361. The fourth-order valence-electron chi connectivity index (χ4n) is 2.27. The molecule has 4 nitrogen and oxygen atoms in total. The summed E-state index contributed by atoms with van der Waals surface area (Å²) in [5.41, 5.74) is 3.37. The molecule has 2 rings (SSSR count). The molecule has 0 radical (unpaired) electrons. The average molecular weight is 417 g/mol. The summed E-state index contributed by atoms with van der Waals surface area (Å²) in [7, 11) is 3.64. The Labute approximate surface area is 185 Å². The van der Waals surface area contributed by atoms with Crippen LogP contribution in [0.3, 0.4) is 0 Å². The molecule has 2 aromatic carbocycles. The van der Waals surface area contributed by atoms with Crippen LogP contribution >= 0.6 is 0 Å². The van der Waals surface area contributed by atoms with E-state index in [0.29, 0.717) is 12.8 Å². The molecule has 0 aliphatic carbocycles. The zero-order chi connectivity index (χ0) is 23.9. The highest BCUT2D eigenvalue weighted by atomic mass is 16.1. The molecule has 0 saturated carbocycles. The molecule has 2 aromatic rings. The summed E-state index contributed by atoms with van der Waals surface area (Å²) in [6.07, 6.45) is 1.11. The lowest BCUT2D eigenvalue weighted by Gasteiger charge is -2.05. The van der Waals surface area contributed by atoms with Crippen molar-refractivity contribution in [1.29, 1.82) is 0 Å². The first kappa shape index (κ1) is 32.1. The Bertz CT molecular complexity index is 623. The van der Waals surface area contributed by atoms with Gasteiger partial charge in [-0.25, -0.2) is 0 Å². The molecule has 170 valence electrons. The number of rotatable bonds is 6. The monoisotopic (exact) mass is 416 g/mol. The minimum absolute atomic E-state index is 0.181. The molecule has 0 aromatic heterocycles. The number of ketones is 2. The fourth-order valence-corrected chi connectivity index (χ4v) is 2.27. The summed E-state index contributed by atoms with van der Waals surface area (Å²) in [6, 6.07) is 15.1. The summed E-state index contributed by atoms with van der Waals surface area (Å²) < 4.78 is 0. The Balaban J connectivity index is -0.000000389. The fraction of sp³-hybridized carbons (Fsp3) is 0.462. The van der Waals surface area contributed by atoms with Gasteiger partial charge in [-0.1, -0.05) is 79.7 Å². The van der Waals surface area contributed by atoms with E-state index in [1.165, 1.54) is 0 Å². The SMILES string of the molecule is CC.CC.CC.CCC(=O)c1ccccc1NC.CCC(=O)c1ccccc1NC. The van der Waals surface area contributed by atoms with Gasteiger partial charge >= 0.3 is 0 Å². The lowest BCUT2D eigenvalue weighted by atomic mass is 10.1. The van der Waals surface area contributed by atoms with E-state index in [-0.39, 0.29) is 11.6 Å². The molecule has 0 saturated heterocycles.